The highest BCUT2D eigenvalue weighted by atomic mass is 32.2. The van der Waals surface area contributed by atoms with E-state index in [2.05, 4.69) is 0 Å². The van der Waals surface area contributed by atoms with Gasteiger partial charge in [0, 0.05) is 20.2 Å². The van der Waals surface area contributed by atoms with Crippen molar-refractivity contribution >= 4 is 32.1 Å². The molecule has 6 heteroatoms. The van der Waals surface area contributed by atoms with Gasteiger partial charge < -0.3 is 4.74 Å². The van der Waals surface area contributed by atoms with Gasteiger partial charge in [-0.1, -0.05) is 30.3 Å². The van der Waals surface area contributed by atoms with Crippen molar-refractivity contribution < 1.29 is 13.2 Å². The molecule has 4 nitrogen and oxygen atoms in total. The van der Waals surface area contributed by atoms with E-state index < -0.39 is 10.0 Å². The number of fused-ring (bicyclic) bond motifs is 1. The van der Waals surface area contributed by atoms with Crippen LogP contribution in [0.25, 0.3) is 10.8 Å². The topological polar surface area (TPSA) is 46.6 Å². The lowest BCUT2D eigenvalue weighted by atomic mass is 10.1. The molecule has 126 valence electrons. The fourth-order valence-electron chi connectivity index (χ4n) is 2.54. The summed E-state index contributed by atoms with van der Waals surface area (Å²) in [7, 11) is -2.01. The number of rotatable bonds is 7. The van der Waals surface area contributed by atoms with E-state index in [9.17, 15) is 8.42 Å². The summed E-state index contributed by atoms with van der Waals surface area (Å²) >= 11 is 1.56. The minimum absolute atomic E-state index is 0.313. The maximum atomic E-state index is 13.1. The molecule has 0 bridgehead atoms. The predicted molar refractivity (Wildman–Crippen MR) is 97.7 cm³/mol. The van der Waals surface area contributed by atoms with Crippen LogP contribution < -0.4 is 0 Å². The van der Waals surface area contributed by atoms with Crippen LogP contribution in [0.5, 0.6) is 0 Å². The van der Waals surface area contributed by atoms with E-state index in [1.165, 1.54) is 4.31 Å². The van der Waals surface area contributed by atoms with Crippen molar-refractivity contribution in [3.8, 4) is 0 Å². The zero-order chi connectivity index (χ0) is 17.0. The van der Waals surface area contributed by atoms with E-state index in [1.807, 2.05) is 47.2 Å². The Morgan fingerprint density at radius 2 is 1.88 bits per heavy atom. The molecule has 0 aliphatic heterocycles. The lowest BCUT2D eigenvalue weighted by Gasteiger charge is -2.21. The Labute approximate surface area is 146 Å². The summed E-state index contributed by atoms with van der Waals surface area (Å²) in [5.74, 6) is 0. The van der Waals surface area contributed by atoms with Crippen LogP contribution in [0.2, 0.25) is 0 Å². The molecule has 0 radical (unpaired) electrons. The molecule has 0 aliphatic carbocycles. The molecule has 1 heterocycles. The summed E-state index contributed by atoms with van der Waals surface area (Å²) in [5.41, 5.74) is 0.987. The van der Waals surface area contributed by atoms with Crippen molar-refractivity contribution in [1.29, 1.82) is 0 Å². The lowest BCUT2D eigenvalue weighted by Crippen LogP contribution is -2.33. The summed E-state index contributed by atoms with van der Waals surface area (Å²) in [4.78, 5) is 0.313. The summed E-state index contributed by atoms with van der Waals surface area (Å²) in [6.45, 7) is 1.03. The monoisotopic (exact) mass is 361 g/mol. The average Bonchev–Trinajstić information content (AvgIpc) is 3.11. The fraction of sp³-hybridized carbons (Fsp3) is 0.222. The Kier molecular flexibility index (Phi) is 5.30. The predicted octanol–water partition coefficient (Wildman–Crippen LogP) is 3.74. The van der Waals surface area contributed by atoms with Gasteiger partial charge in [-0.05, 0) is 45.3 Å². The molecule has 3 aromatic rings. The van der Waals surface area contributed by atoms with Gasteiger partial charge in [-0.15, -0.1) is 0 Å². The highest BCUT2D eigenvalue weighted by Gasteiger charge is 2.24. The number of methoxy groups -OCH3 is 1. The maximum absolute atomic E-state index is 13.1. The second kappa shape index (κ2) is 7.44. The van der Waals surface area contributed by atoms with Gasteiger partial charge in [0.25, 0.3) is 0 Å². The minimum Gasteiger partial charge on any atom is -0.383 e. The Morgan fingerprint density at radius 1 is 1.08 bits per heavy atom. The van der Waals surface area contributed by atoms with Gasteiger partial charge in [0.2, 0.25) is 10.0 Å². The van der Waals surface area contributed by atoms with Crippen molar-refractivity contribution in [1.82, 2.24) is 4.31 Å². The van der Waals surface area contributed by atoms with Gasteiger partial charge in [0.1, 0.15) is 0 Å². The molecule has 0 aliphatic rings. The van der Waals surface area contributed by atoms with Crippen molar-refractivity contribution in [2.45, 2.75) is 11.4 Å². The van der Waals surface area contributed by atoms with Gasteiger partial charge >= 0.3 is 0 Å². The van der Waals surface area contributed by atoms with Crippen LogP contribution >= 0.6 is 11.3 Å². The van der Waals surface area contributed by atoms with Crippen LogP contribution in [-0.2, 0) is 21.3 Å². The van der Waals surface area contributed by atoms with E-state index in [0.717, 1.165) is 16.3 Å². The largest absolute Gasteiger partial charge is 0.383 e. The van der Waals surface area contributed by atoms with Crippen LogP contribution in [0.1, 0.15) is 5.56 Å². The summed E-state index contributed by atoms with van der Waals surface area (Å²) in [6, 6.07) is 14.9. The zero-order valence-corrected chi connectivity index (χ0v) is 15.0. The first-order valence-corrected chi connectivity index (χ1v) is 9.98. The number of hydrogen-bond acceptors (Lipinski definition) is 4. The summed E-state index contributed by atoms with van der Waals surface area (Å²) < 4.78 is 32.7. The smallest absolute Gasteiger partial charge is 0.243 e. The van der Waals surface area contributed by atoms with E-state index in [-0.39, 0.29) is 0 Å². The van der Waals surface area contributed by atoms with Gasteiger partial charge in [-0.2, -0.15) is 15.6 Å². The van der Waals surface area contributed by atoms with Crippen molar-refractivity contribution in [3.63, 3.8) is 0 Å². The molecule has 0 saturated carbocycles. The van der Waals surface area contributed by atoms with Crippen LogP contribution in [0.4, 0.5) is 0 Å². The van der Waals surface area contributed by atoms with E-state index in [4.69, 9.17) is 4.74 Å². The highest BCUT2D eigenvalue weighted by Crippen LogP contribution is 2.23. The second-order valence-electron chi connectivity index (χ2n) is 5.47. The molecule has 0 unspecified atom stereocenters. The third-order valence-electron chi connectivity index (χ3n) is 3.84. The fourth-order valence-corrected chi connectivity index (χ4v) is 4.65. The van der Waals surface area contributed by atoms with Crippen molar-refractivity contribution in [3.05, 3.63) is 64.9 Å². The molecule has 0 saturated heterocycles. The van der Waals surface area contributed by atoms with Crippen LogP contribution in [0.15, 0.2) is 64.2 Å². The minimum atomic E-state index is -3.58. The first kappa shape index (κ1) is 17.1. The SMILES string of the molecule is COCCN(Cc1ccsc1)S(=O)(=O)c1ccc2ccccc2c1. The molecule has 0 spiro atoms. The molecule has 24 heavy (non-hydrogen) atoms. The number of ether oxygens (including phenoxy) is 1. The van der Waals surface area contributed by atoms with Crippen molar-refractivity contribution in [2.24, 2.45) is 0 Å². The number of thiophene rings is 1. The third kappa shape index (κ3) is 3.67. The van der Waals surface area contributed by atoms with Gasteiger partial charge in [-0.25, -0.2) is 8.42 Å². The van der Waals surface area contributed by atoms with E-state index in [0.29, 0.717) is 24.6 Å². The molecule has 0 atom stereocenters. The molecule has 3 rings (SSSR count). The average molecular weight is 361 g/mol. The zero-order valence-electron chi connectivity index (χ0n) is 13.4. The first-order valence-electron chi connectivity index (χ1n) is 7.60. The van der Waals surface area contributed by atoms with Gasteiger partial charge in [0.15, 0.2) is 0 Å². The van der Waals surface area contributed by atoms with Gasteiger partial charge in [0.05, 0.1) is 11.5 Å². The highest BCUT2D eigenvalue weighted by molar-refractivity contribution is 7.89. The second-order valence-corrected chi connectivity index (χ2v) is 8.19. The molecule has 2 aromatic carbocycles. The third-order valence-corrected chi connectivity index (χ3v) is 6.42. The number of sulfonamides is 1. The first-order chi connectivity index (χ1) is 11.6. The number of nitrogens with zero attached hydrogens (tertiary/aromatic N) is 1. The van der Waals surface area contributed by atoms with Crippen LogP contribution in [-0.4, -0.2) is 33.0 Å². The Hall–Kier alpha value is -1.73. The summed E-state index contributed by atoms with van der Waals surface area (Å²) in [6.07, 6.45) is 0. The number of benzene rings is 2. The quantitative estimate of drug-likeness (QED) is 0.644. The number of hydrogen-bond donors (Lipinski definition) is 0. The standard InChI is InChI=1S/C18H19NO3S2/c1-22-10-9-19(13-15-8-11-23-14-15)24(20,21)18-7-6-16-4-2-3-5-17(16)12-18/h2-8,11-12,14H,9-10,13H2,1H3. The van der Waals surface area contributed by atoms with Crippen molar-refractivity contribution in [2.75, 3.05) is 20.3 Å². The molecular formula is C18H19NO3S2. The molecule has 0 fully saturated rings. The molecular weight excluding hydrogens is 342 g/mol. The Morgan fingerprint density at radius 3 is 2.58 bits per heavy atom. The van der Waals surface area contributed by atoms with E-state index >= 15 is 0 Å². The Balaban J connectivity index is 1.96. The summed E-state index contributed by atoms with van der Waals surface area (Å²) in [5, 5.41) is 5.86. The van der Waals surface area contributed by atoms with Gasteiger partial charge in [-0.3, -0.25) is 0 Å². The van der Waals surface area contributed by atoms with E-state index in [1.54, 1.807) is 30.6 Å². The van der Waals surface area contributed by atoms with Crippen LogP contribution in [0.3, 0.4) is 0 Å². The normalized spacial score (nSPS) is 12.1. The molecule has 1 aromatic heterocycles. The molecule has 0 N–H and O–H groups in total. The maximum Gasteiger partial charge on any atom is 0.243 e. The Bertz CT molecular complexity index is 905. The van der Waals surface area contributed by atoms with Crippen LogP contribution in [0, 0.1) is 0 Å². The molecule has 0 amide bonds. The lowest BCUT2D eigenvalue weighted by molar-refractivity contribution is 0.177.